The van der Waals surface area contributed by atoms with E-state index in [1.54, 1.807) is 7.05 Å². The van der Waals surface area contributed by atoms with Gasteiger partial charge in [0.25, 0.3) is 5.91 Å². The van der Waals surface area contributed by atoms with E-state index in [0.29, 0.717) is 12.5 Å². The molecule has 1 N–H and O–H groups in total. The Morgan fingerprint density at radius 3 is 2.37 bits per heavy atom. The van der Waals surface area contributed by atoms with Gasteiger partial charge < -0.3 is 15.1 Å². The maximum atomic E-state index is 12.4. The van der Waals surface area contributed by atoms with Gasteiger partial charge in [0.2, 0.25) is 0 Å². The molecular weight excluding hydrogens is 376 g/mol. The zero-order chi connectivity index (χ0) is 22.3. The summed E-state index contributed by atoms with van der Waals surface area (Å²) in [6.45, 7) is 11.1. The highest BCUT2D eigenvalue weighted by atomic mass is 16.2. The number of aryl methyl sites for hydroxylation is 1. The van der Waals surface area contributed by atoms with Gasteiger partial charge in [0.1, 0.15) is 0 Å². The van der Waals surface area contributed by atoms with Crippen molar-refractivity contribution < 1.29 is 4.79 Å². The van der Waals surface area contributed by atoms with E-state index in [2.05, 4.69) is 40.4 Å². The number of nitrogens with one attached hydrogen (secondary N) is 1. The van der Waals surface area contributed by atoms with Crippen LogP contribution in [0.25, 0.3) is 0 Å². The first-order valence-corrected chi connectivity index (χ1v) is 10.6. The van der Waals surface area contributed by atoms with E-state index in [0.717, 1.165) is 42.4 Å². The molecule has 0 radical (unpaired) electrons. The van der Waals surface area contributed by atoms with Gasteiger partial charge in [-0.2, -0.15) is 5.10 Å². The third kappa shape index (κ3) is 5.84. The normalized spacial score (nSPS) is 11.7. The third-order valence-corrected chi connectivity index (χ3v) is 5.17. The van der Waals surface area contributed by atoms with Crippen LogP contribution in [-0.2, 0) is 20.1 Å². The third-order valence-electron chi connectivity index (χ3n) is 5.17. The molecule has 7 heteroatoms. The lowest BCUT2D eigenvalue weighted by Gasteiger charge is -2.22. The van der Waals surface area contributed by atoms with E-state index < -0.39 is 0 Å². The van der Waals surface area contributed by atoms with Gasteiger partial charge in [0.05, 0.1) is 5.69 Å². The van der Waals surface area contributed by atoms with E-state index in [1.807, 2.05) is 61.8 Å². The molecular formula is C23H36N6O. The van der Waals surface area contributed by atoms with Crippen molar-refractivity contribution in [3.63, 3.8) is 0 Å². The number of benzene rings is 1. The predicted octanol–water partition coefficient (Wildman–Crippen LogP) is 3.23. The molecule has 0 saturated carbocycles. The molecule has 1 aromatic carbocycles. The lowest BCUT2D eigenvalue weighted by molar-refractivity contribution is 0.0773. The van der Waals surface area contributed by atoms with Gasteiger partial charge in [0.15, 0.2) is 5.96 Å². The fraction of sp³-hybridized carbons (Fsp3) is 0.522. The average molecular weight is 413 g/mol. The molecule has 1 aromatic heterocycles. The molecule has 1 heterocycles. The second kappa shape index (κ2) is 10.8. The topological polar surface area (TPSA) is 65.8 Å². The van der Waals surface area contributed by atoms with Crippen molar-refractivity contribution in [1.29, 1.82) is 0 Å². The first-order chi connectivity index (χ1) is 14.3. The van der Waals surface area contributed by atoms with Crippen LogP contribution in [0, 0.1) is 0 Å². The monoisotopic (exact) mass is 412 g/mol. The molecule has 0 aliphatic carbocycles. The van der Waals surface area contributed by atoms with E-state index >= 15 is 0 Å². The number of amides is 1. The Kier molecular flexibility index (Phi) is 8.45. The largest absolute Gasteiger partial charge is 0.352 e. The number of guanidine groups is 1. The minimum atomic E-state index is 0.0764. The molecule has 0 aliphatic heterocycles. The van der Waals surface area contributed by atoms with E-state index in [9.17, 15) is 4.79 Å². The first-order valence-electron chi connectivity index (χ1n) is 10.6. The standard InChI is InChI=1S/C23H36N6O/c1-8-29(9-2)22(30)19-12-10-18(11-13-19)14-25-23(24-5)27(6)15-20-16-28(7)26-21(20)17(3)4/h10-13,16-17H,8-9,14-15H2,1-7H3,(H,24,25). The molecule has 0 atom stereocenters. The molecule has 0 saturated heterocycles. The molecule has 0 fully saturated rings. The van der Waals surface area contributed by atoms with E-state index in [1.165, 1.54) is 5.56 Å². The number of aromatic nitrogens is 2. The molecule has 2 aromatic rings. The van der Waals surface area contributed by atoms with Crippen LogP contribution in [0.2, 0.25) is 0 Å². The van der Waals surface area contributed by atoms with Crippen molar-refractivity contribution in [2.24, 2.45) is 12.0 Å². The van der Waals surface area contributed by atoms with Crippen molar-refractivity contribution in [1.82, 2.24) is 24.9 Å². The second-order valence-electron chi connectivity index (χ2n) is 7.80. The Morgan fingerprint density at radius 2 is 1.83 bits per heavy atom. The van der Waals surface area contributed by atoms with Crippen molar-refractivity contribution in [3.8, 4) is 0 Å². The highest BCUT2D eigenvalue weighted by Crippen LogP contribution is 2.18. The summed E-state index contributed by atoms with van der Waals surface area (Å²) in [4.78, 5) is 20.8. The Hall–Kier alpha value is -2.83. The highest BCUT2D eigenvalue weighted by Gasteiger charge is 2.15. The summed E-state index contributed by atoms with van der Waals surface area (Å²) in [7, 11) is 5.77. The Bertz CT molecular complexity index is 849. The Morgan fingerprint density at radius 1 is 1.20 bits per heavy atom. The Balaban J connectivity index is 1.99. The van der Waals surface area contributed by atoms with E-state index in [4.69, 9.17) is 0 Å². The minimum Gasteiger partial charge on any atom is -0.352 e. The summed E-state index contributed by atoms with van der Waals surface area (Å²) in [6.07, 6.45) is 2.07. The molecule has 0 bridgehead atoms. The lowest BCUT2D eigenvalue weighted by Crippen LogP contribution is -2.38. The quantitative estimate of drug-likeness (QED) is 0.534. The zero-order valence-corrected chi connectivity index (χ0v) is 19.4. The van der Waals surface area contributed by atoms with Gasteiger partial charge in [-0.05, 0) is 37.5 Å². The van der Waals surface area contributed by atoms with Gasteiger partial charge in [0, 0.05) is 64.6 Å². The van der Waals surface area contributed by atoms with Crippen LogP contribution >= 0.6 is 0 Å². The number of carbonyl (C=O) groups excluding carboxylic acids is 1. The van der Waals surface area contributed by atoms with Crippen LogP contribution in [0.15, 0.2) is 35.5 Å². The number of rotatable bonds is 8. The van der Waals surface area contributed by atoms with Gasteiger partial charge in [-0.3, -0.25) is 14.5 Å². The summed E-state index contributed by atoms with van der Waals surface area (Å²) in [6, 6.07) is 7.79. The summed E-state index contributed by atoms with van der Waals surface area (Å²) in [5, 5.41) is 8.00. The van der Waals surface area contributed by atoms with Gasteiger partial charge in [-0.25, -0.2) is 0 Å². The molecule has 0 unspecified atom stereocenters. The first kappa shape index (κ1) is 23.4. The minimum absolute atomic E-state index is 0.0764. The van der Waals surface area contributed by atoms with Gasteiger partial charge >= 0.3 is 0 Å². The second-order valence-corrected chi connectivity index (χ2v) is 7.80. The summed E-state index contributed by atoms with van der Waals surface area (Å²) in [5.74, 6) is 1.27. The molecule has 7 nitrogen and oxygen atoms in total. The van der Waals surface area contributed by atoms with Crippen molar-refractivity contribution in [3.05, 3.63) is 52.8 Å². The molecule has 164 valence electrons. The van der Waals surface area contributed by atoms with Crippen LogP contribution in [0.1, 0.15) is 60.8 Å². The number of hydrogen-bond donors (Lipinski definition) is 1. The number of aliphatic imine (C=N–C) groups is 1. The van der Waals surface area contributed by atoms with Crippen LogP contribution in [0.3, 0.4) is 0 Å². The molecule has 1 amide bonds. The van der Waals surface area contributed by atoms with Crippen molar-refractivity contribution >= 4 is 11.9 Å². The molecule has 2 rings (SSSR count). The van der Waals surface area contributed by atoms with Crippen LogP contribution in [-0.4, -0.2) is 58.6 Å². The van der Waals surface area contributed by atoms with E-state index in [-0.39, 0.29) is 5.91 Å². The molecule has 30 heavy (non-hydrogen) atoms. The molecule has 0 aliphatic rings. The Labute approximate surface area is 180 Å². The summed E-state index contributed by atoms with van der Waals surface area (Å²) in [5.41, 5.74) is 4.15. The van der Waals surface area contributed by atoms with Crippen LogP contribution < -0.4 is 5.32 Å². The maximum absolute atomic E-state index is 12.4. The van der Waals surface area contributed by atoms with Gasteiger partial charge in [-0.1, -0.05) is 26.0 Å². The average Bonchev–Trinajstić information content (AvgIpc) is 3.10. The molecule has 0 spiro atoms. The lowest BCUT2D eigenvalue weighted by atomic mass is 10.1. The highest BCUT2D eigenvalue weighted by molar-refractivity contribution is 5.94. The summed E-state index contributed by atoms with van der Waals surface area (Å²) >= 11 is 0. The summed E-state index contributed by atoms with van der Waals surface area (Å²) < 4.78 is 1.87. The maximum Gasteiger partial charge on any atom is 0.253 e. The van der Waals surface area contributed by atoms with Crippen LogP contribution in [0.4, 0.5) is 0 Å². The smallest absolute Gasteiger partial charge is 0.253 e. The zero-order valence-electron chi connectivity index (χ0n) is 19.4. The number of nitrogens with zero attached hydrogens (tertiary/aromatic N) is 5. The number of hydrogen-bond acceptors (Lipinski definition) is 3. The van der Waals surface area contributed by atoms with Gasteiger partial charge in [-0.15, -0.1) is 0 Å². The SMILES string of the molecule is CCN(CC)C(=O)c1ccc(CNC(=NC)N(C)Cc2cn(C)nc2C(C)C)cc1. The van der Waals surface area contributed by atoms with Crippen molar-refractivity contribution in [2.75, 3.05) is 27.2 Å². The fourth-order valence-corrected chi connectivity index (χ4v) is 3.52. The fourth-order valence-electron chi connectivity index (χ4n) is 3.52. The number of carbonyl (C=O) groups is 1. The van der Waals surface area contributed by atoms with Crippen LogP contribution in [0.5, 0.6) is 0 Å². The predicted molar refractivity (Wildman–Crippen MR) is 123 cm³/mol. The van der Waals surface area contributed by atoms with Crippen molar-refractivity contribution in [2.45, 2.75) is 46.7 Å².